The first-order chi connectivity index (χ1) is 11.1. The number of halogens is 1. The molecule has 1 amide bonds. The maximum absolute atomic E-state index is 12.3. The molecule has 0 radical (unpaired) electrons. The van der Waals surface area contributed by atoms with Gasteiger partial charge in [0.05, 0.1) is 19.2 Å². The summed E-state index contributed by atoms with van der Waals surface area (Å²) in [5.74, 6) is 0.922. The lowest BCUT2D eigenvalue weighted by Crippen LogP contribution is -2.38. The molecule has 1 aliphatic rings. The molecule has 1 aromatic heterocycles. The van der Waals surface area contributed by atoms with E-state index in [1.165, 1.54) is 4.88 Å². The lowest BCUT2D eigenvalue weighted by atomic mass is 10.0. The Bertz CT molecular complexity index is 689. The van der Waals surface area contributed by atoms with Gasteiger partial charge in [-0.05, 0) is 35.1 Å². The smallest absolute Gasteiger partial charge is 0.234 e. The Morgan fingerprint density at radius 1 is 1.48 bits per heavy atom. The molecule has 0 fully saturated rings. The number of rotatable bonds is 5. The Labute approximate surface area is 148 Å². The third-order valence-electron chi connectivity index (χ3n) is 3.75. The number of para-hydroxylation sites is 1. The van der Waals surface area contributed by atoms with Crippen molar-refractivity contribution in [2.45, 2.75) is 19.0 Å². The van der Waals surface area contributed by atoms with E-state index in [1.54, 1.807) is 11.3 Å². The van der Waals surface area contributed by atoms with Crippen LogP contribution in [-0.2, 0) is 11.3 Å². The van der Waals surface area contributed by atoms with Crippen LogP contribution < -0.4 is 10.1 Å². The molecule has 0 aliphatic carbocycles. The average Bonchev–Trinajstić information content (AvgIpc) is 2.92. The summed E-state index contributed by atoms with van der Waals surface area (Å²) in [5.41, 5.74) is 1.07. The topological polar surface area (TPSA) is 41.6 Å². The predicted molar refractivity (Wildman–Crippen MR) is 95.8 cm³/mol. The Morgan fingerprint density at radius 3 is 3.09 bits per heavy atom. The monoisotopic (exact) mass is 394 g/mol. The lowest BCUT2D eigenvalue weighted by molar-refractivity contribution is -0.123. The summed E-state index contributed by atoms with van der Waals surface area (Å²) in [5, 5.41) is 5.19. The van der Waals surface area contributed by atoms with Crippen LogP contribution in [0.1, 0.15) is 22.9 Å². The van der Waals surface area contributed by atoms with Gasteiger partial charge in [-0.3, -0.25) is 9.69 Å². The van der Waals surface area contributed by atoms with Gasteiger partial charge in [0.1, 0.15) is 5.75 Å². The largest absolute Gasteiger partial charge is 0.493 e. The molecular formula is C17H19BrN2O2S. The highest BCUT2D eigenvalue weighted by atomic mass is 79.9. The minimum Gasteiger partial charge on any atom is -0.493 e. The van der Waals surface area contributed by atoms with Gasteiger partial charge in [-0.2, -0.15) is 0 Å². The van der Waals surface area contributed by atoms with Crippen LogP contribution in [0.15, 0.2) is 40.2 Å². The summed E-state index contributed by atoms with van der Waals surface area (Å²) in [4.78, 5) is 15.6. The molecule has 4 nitrogen and oxygen atoms in total. The van der Waals surface area contributed by atoms with E-state index in [4.69, 9.17) is 4.74 Å². The van der Waals surface area contributed by atoms with E-state index >= 15 is 0 Å². The van der Waals surface area contributed by atoms with Crippen LogP contribution in [0.25, 0.3) is 0 Å². The number of fused-ring (bicyclic) bond motifs is 1. The predicted octanol–water partition coefficient (Wildman–Crippen LogP) is 3.58. The Morgan fingerprint density at radius 2 is 2.30 bits per heavy atom. The fraction of sp³-hybridized carbons (Fsp3) is 0.353. The number of nitrogens with zero attached hydrogens (tertiary/aromatic N) is 1. The van der Waals surface area contributed by atoms with E-state index in [1.807, 2.05) is 36.2 Å². The van der Waals surface area contributed by atoms with Gasteiger partial charge in [0, 0.05) is 33.3 Å². The third-order valence-corrected chi connectivity index (χ3v) is 5.44. The second-order valence-electron chi connectivity index (χ2n) is 5.70. The molecule has 0 saturated carbocycles. The standard InChI is InChI=1S/C17H19BrN2O2S/c1-20(9-13-8-12(18)11-23-13)10-17(21)19-15-6-7-22-16-5-3-2-4-14(15)16/h2-5,8,11,15H,6-7,9-10H2,1H3,(H,19,21). The lowest BCUT2D eigenvalue weighted by Gasteiger charge is -2.27. The highest BCUT2D eigenvalue weighted by molar-refractivity contribution is 9.10. The molecular weight excluding hydrogens is 376 g/mol. The second kappa shape index (κ2) is 7.47. The van der Waals surface area contributed by atoms with Crippen molar-refractivity contribution >= 4 is 33.2 Å². The summed E-state index contributed by atoms with van der Waals surface area (Å²) < 4.78 is 6.72. The molecule has 0 bridgehead atoms. The number of hydrogen-bond acceptors (Lipinski definition) is 4. The summed E-state index contributed by atoms with van der Waals surface area (Å²) in [6, 6.07) is 10.0. The van der Waals surface area contributed by atoms with Crippen molar-refractivity contribution in [1.29, 1.82) is 0 Å². The van der Waals surface area contributed by atoms with Gasteiger partial charge in [0.2, 0.25) is 5.91 Å². The van der Waals surface area contributed by atoms with Crippen LogP contribution in [0.4, 0.5) is 0 Å². The number of thiophene rings is 1. The van der Waals surface area contributed by atoms with Crippen LogP contribution in [0.2, 0.25) is 0 Å². The first-order valence-corrected chi connectivity index (χ1v) is 9.21. The van der Waals surface area contributed by atoms with E-state index in [2.05, 4.69) is 32.7 Å². The number of amides is 1. The molecule has 2 heterocycles. The maximum atomic E-state index is 12.3. The number of hydrogen-bond donors (Lipinski definition) is 1. The molecule has 1 aromatic carbocycles. The number of nitrogens with one attached hydrogen (secondary N) is 1. The highest BCUT2D eigenvalue weighted by Crippen LogP contribution is 2.31. The van der Waals surface area contributed by atoms with Crippen LogP contribution in [-0.4, -0.2) is 31.0 Å². The van der Waals surface area contributed by atoms with Gasteiger partial charge in [-0.25, -0.2) is 0 Å². The zero-order valence-corrected chi connectivity index (χ0v) is 15.3. The van der Waals surface area contributed by atoms with Crippen molar-refractivity contribution in [1.82, 2.24) is 10.2 Å². The van der Waals surface area contributed by atoms with Crippen molar-refractivity contribution in [2.75, 3.05) is 20.2 Å². The van der Waals surface area contributed by atoms with E-state index in [0.29, 0.717) is 13.2 Å². The zero-order valence-electron chi connectivity index (χ0n) is 12.9. The molecule has 1 N–H and O–H groups in total. The molecule has 0 spiro atoms. The zero-order chi connectivity index (χ0) is 16.2. The molecule has 3 rings (SSSR count). The molecule has 1 atom stereocenters. The van der Waals surface area contributed by atoms with Gasteiger partial charge in [0.15, 0.2) is 0 Å². The molecule has 0 saturated heterocycles. The van der Waals surface area contributed by atoms with Crippen LogP contribution in [0.3, 0.4) is 0 Å². The highest BCUT2D eigenvalue weighted by Gasteiger charge is 2.22. The molecule has 1 unspecified atom stereocenters. The number of ether oxygens (including phenoxy) is 1. The number of carbonyl (C=O) groups excluding carboxylic acids is 1. The fourth-order valence-electron chi connectivity index (χ4n) is 2.74. The van der Waals surface area contributed by atoms with Crippen molar-refractivity contribution in [3.8, 4) is 5.75 Å². The number of benzene rings is 1. The minimum atomic E-state index is 0.0386. The van der Waals surface area contributed by atoms with E-state index < -0.39 is 0 Å². The van der Waals surface area contributed by atoms with Gasteiger partial charge in [-0.1, -0.05) is 18.2 Å². The van der Waals surface area contributed by atoms with Crippen molar-refractivity contribution in [2.24, 2.45) is 0 Å². The average molecular weight is 395 g/mol. The summed E-state index contributed by atoms with van der Waals surface area (Å²) in [6.45, 7) is 1.80. The van der Waals surface area contributed by atoms with Crippen molar-refractivity contribution in [3.05, 3.63) is 50.6 Å². The maximum Gasteiger partial charge on any atom is 0.234 e. The second-order valence-corrected chi connectivity index (χ2v) is 7.61. The van der Waals surface area contributed by atoms with E-state index in [0.717, 1.165) is 28.8 Å². The fourth-order valence-corrected chi connectivity index (χ4v) is 4.27. The Kier molecular flexibility index (Phi) is 5.35. The summed E-state index contributed by atoms with van der Waals surface area (Å²) in [6.07, 6.45) is 0.810. The molecule has 122 valence electrons. The quantitative estimate of drug-likeness (QED) is 0.842. The molecule has 6 heteroatoms. The Hall–Kier alpha value is -1.37. The molecule has 1 aliphatic heterocycles. The van der Waals surface area contributed by atoms with Gasteiger partial charge in [0.25, 0.3) is 0 Å². The van der Waals surface area contributed by atoms with Gasteiger partial charge < -0.3 is 10.1 Å². The Balaban J connectivity index is 1.55. The first kappa shape index (κ1) is 16.5. The molecule has 2 aromatic rings. The minimum absolute atomic E-state index is 0.0386. The van der Waals surface area contributed by atoms with E-state index in [9.17, 15) is 4.79 Å². The van der Waals surface area contributed by atoms with E-state index in [-0.39, 0.29) is 11.9 Å². The van der Waals surface area contributed by atoms with Gasteiger partial charge in [-0.15, -0.1) is 11.3 Å². The molecule has 23 heavy (non-hydrogen) atoms. The first-order valence-electron chi connectivity index (χ1n) is 7.54. The van der Waals surface area contributed by atoms with Crippen LogP contribution in [0, 0.1) is 0 Å². The van der Waals surface area contributed by atoms with Crippen molar-refractivity contribution in [3.63, 3.8) is 0 Å². The summed E-state index contributed by atoms with van der Waals surface area (Å²) in [7, 11) is 1.96. The van der Waals surface area contributed by atoms with Crippen LogP contribution >= 0.6 is 27.3 Å². The normalized spacial score (nSPS) is 16.7. The number of likely N-dealkylation sites (N-methyl/N-ethyl adjacent to an activating group) is 1. The van der Waals surface area contributed by atoms with Crippen LogP contribution in [0.5, 0.6) is 5.75 Å². The third kappa shape index (κ3) is 4.34. The SMILES string of the molecule is CN(CC(=O)NC1CCOc2ccccc21)Cc1cc(Br)cs1. The number of carbonyl (C=O) groups is 1. The van der Waals surface area contributed by atoms with Crippen molar-refractivity contribution < 1.29 is 9.53 Å². The van der Waals surface area contributed by atoms with Gasteiger partial charge >= 0.3 is 0 Å². The summed E-state index contributed by atoms with van der Waals surface area (Å²) >= 11 is 5.15.